The van der Waals surface area contributed by atoms with Crippen molar-refractivity contribution in [3.05, 3.63) is 83.9 Å². The van der Waals surface area contributed by atoms with Crippen LogP contribution in [0.5, 0.6) is 0 Å². The van der Waals surface area contributed by atoms with Gasteiger partial charge < -0.3 is 15.4 Å². The molecule has 0 radical (unpaired) electrons. The summed E-state index contributed by atoms with van der Waals surface area (Å²) in [5.41, 5.74) is 2.11. The predicted molar refractivity (Wildman–Crippen MR) is 99.7 cm³/mol. The number of hydrogen-bond acceptors (Lipinski definition) is 5. The smallest absolute Gasteiger partial charge is 0.339 e. The summed E-state index contributed by atoms with van der Waals surface area (Å²) in [4.78, 5) is 28.3. The summed E-state index contributed by atoms with van der Waals surface area (Å²) in [5.74, 6) is -1.32. The highest BCUT2D eigenvalue weighted by atomic mass is 19.1. The summed E-state index contributed by atoms with van der Waals surface area (Å²) in [6, 6.07) is 15.6. The first-order chi connectivity index (χ1) is 13.1. The Labute approximate surface area is 155 Å². The van der Waals surface area contributed by atoms with Crippen LogP contribution >= 0.6 is 0 Å². The average Bonchev–Trinajstić information content (AvgIpc) is 2.70. The number of nitrogens with one attached hydrogen (secondary N) is 2. The number of amides is 1. The van der Waals surface area contributed by atoms with Gasteiger partial charge in [-0.15, -0.1) is 0 Å². The van der Waals surface area contributed by atoms with E-state index in [1.165, 1.54) is 25.4 Å². The summed E-state index contributed by atoms with van der Waals surface area (Å²) in [6.45, 7) is 0. The lowest BCUT2D eigenvalue weighted by atomic mass is 10.1. The Kier molecular flexibility index (Phi) is 5.41. The van der Waals surface area contributed by atoms with Crippen LogP contribution in [0.2, 0.25) is 0 Å². The van der Waals surface area contributed by atoms with Crippen LogP contribution < -0.4 is 10.6 Å². The van der Waals surface area contributed by atoms with Crippen molar-refractivity contribution in [2.24, 2.45) is 0 Å². The summed E-state index contributed by atoms with van der Waals surface area (Å²) in [7, 11) is 1.27. The molecule has 3 aromatic rings. The van der Waals surface area contributed by atoms with Gasteiger partial charge in [0.15, 0.2) is 0 Å². The molecule has 0 saturated carbocycles. The second kappa shape index (κ2) is 8.09. The summed E-state index contributed by atoms with van der Waals surface area (Å²) >= 11 is 0. The zero-order valence-corrected chi connectivity index (χ0v) is 14.4. The molecule has 2 N–H and O–H groups in total. The molecule has 3 rings (SSSR count). The Bertz CT molecular complexity index is 957. The maximum absolute atomic E-state index is 12.9. The Morgan fingerprint density at radius 3 is 2.33 bits per heavy atom. The van der Waals surface area contributed by atoms with E-state index in [0.29, 0.717) is 17.1 Å². The lowest BCUT2D eigenvalue weighted by Crippen LogP contribution is -2.16. The maximum Gasteiger partial charge on any atom is 0.339 e. The number of nitrogens with zero attached hydrogens (tertiary/aromatic N) is 1. The zero-order valence-electron chi connectivity index (χ0n) is 14.4. The monoisotopic (exact) mass is 365 g/mol. The van der Waals surface area contributed by atoms with Crippen molar-refractivity contribution in [3.63, 3.8) is 0 Å². The molecule has 2 aromatic carbocycles. The third-order valence-electron chi connectivity index (χ3n) is 3.71. The van der Waals surface area contributed by atoms with Crippen LogP contribution in [0.15, 0.2) is 66.9 Å². The molecule has 0 unspecified atom stereocenters. The van der Waals surface area contributed by atoms with Crippen molar-refractivity contribution < 1.29 is 18.7 Å². The van der Waals surface area contributed by atoms with Crippen molar-refractivity contribution in [1.82, 2.24) is 4.98 Å². The molecule has 1 aromatic heterocycles. The van der Waals surface area contributed by atoms with Gasteiger partial charge in [-0.3, -0.25) is 4.79 Å². The molecule has 0 spiro atoms. The molecule has 1 amide bonds. The molecule has 0 aliphatic carbocycles. The lowest BCUT2D eigenvalue weighted by Gasteiger charge is -2.10. The first-order valence-corrected chi connectivity index (χ1v) is 8.04. The van der Waals surface area contributed by atoms with E-state index in [1.807, 2.05) is 0 Å². The van der Waals surface area contributed by atoms with E-state index in [-0.39, 0.29) is 17.1 Å². The Balaban J connectivity index is 1.71. The Morgan fingerprint density at radius 2 is 1.67 bits per heavy atom. The highest BCUT2D eigenvalue weighted by molar-refractivity contribution is 6.07. The maximum atomic E-state index is 12.9. The topological polar surface area (TPSA) is 80.3 Å². The van der Waals surface area contributed by atoms with Crippen molar-refractivity contribution in [2.45, 2.75) is 0 Å². The third-order valence-corrected chi connectivity index (χ3v) is 3.71. The molecule has 0 aliphatic rings. The normalized spacial score (nSPS) is 10.1. The molecular weight excluding hydrogens is 349 g/mol. The number of carbonyl (C=O) groups is 2. The van der Waals surface area contributed by atoms with Gasteiger partial charge in [-0.05, 0) is 48.5 Å². The highest BCUT2D eigenvalue weighted by Gasteiger charge is 2.15. The second-order valence-electron chi connectivity index (χ2n) is 5.56. The number of carbonyl (C=O) groups excluding carboxylic acids is 2. The number of esters is 1. The van der Waals surface area contributed by atoms with Gasteiger partial charge in [0, 0.05) is 5.69 Å². The van der Waals surface area contributed by atoms with Crippen molar-refractivity contribution in [1.29, 1.82) is 0 Å². The van der Waals surface area contributed by atoms with E-state index in [1.54, 1.807) is 48.5 Å². The van der Waals surface area contributed by atoms with Crippen molar-refractivity contribution in [2.75, 3.05) is 17.7 Å². The first-order valence-electron chi connectivity index (χ1n) is 8.04. The number of para-hydroxylation sites is 1. The molecule has 0 bridgehead atoms. The van der Waals surface area contributed by atoms with E-state index in [4.69, 9.17) is 4.74 Å². The van der Waals surface area contributed by atoms with Crippen LogP contribution in [0, 0.1) is 5.82 Å². The minimum absolute atomic E-state index is 0.180. The van der Waals surface area contributed by atoms with Gasteiger partial charge in [-0.25, -0.2) is 14.2 Å². The van der Waals surface area contributed by atoms with Gasteiger partial charge in [0.1, 0.15) is 11.5 Å². The molecular formula is C20H16FN3O3. The van der Waals surface area contributed by atoms with Crippen LogP contribution in [0.25, 0.3) is 0 Å². The fourth-order valence-corrected chi connectivity index (χ4v) is 2.37. The molecule has 0 atom stereocenters. The largest absolute Gasteiger partial charge is 0.465 e. The fourth-order valence-electron chi connectivity index (χ4n) is 2.37. The number of ether oxygens (including phenoxy) is 1. The third kappa shape index (κ3) is 4.46. The van der Waals surface area contributed by atoms with Gasteiger partial charge in [-0.2, -0.15) is 0 Å². The average molecular weight is 365 g/mol. The number of methoxy groups -OCH3 is 1. The van der Waals surface area contributed by atoms with E-state index in [0.717, 1.165) is 0 Å². The van der Waals surface area contributed by atoms with Gasteiger partial charge in [0.2, 0.25) is 0 Å². The van der Waals surface area contributed by atoms with Crippen molar-refractivity contribution in [3.8, 4) is 0 Å². The van der Waals surface area contributed by atoms with Crippen LogP contribution in [-0.2, 0) is 4.74 Å². The lowest BCUT2D eigenvalue weighted by molar-refractivity contribution is 0.0602. The SMILES string of the molecule is COC(=O)c1ccccc1NC(=O)c1ccc(Nc2ccc(F)cc2)cn1. The van der Waals surface area contributed by atoms with Gasteiger partial charge in [-0.1, -0.05) is 12.1 Å². The molecule has 7 heteroatoms. The standard InChI is InChI=1S/C20H16FN3O3/c1-27-20(26)16-4-2-3-5-17(16)24-19(25)18-11-10-15(12-22-18)23-14-8-6-13(21)7-9-14/h2-12,23H,1H3,(H,24,25). The van der Waals surface area contributed by atoms with E-state index >= 15 is 0 Å². The summed E-state index contributed by atoms with van der Waals surface area (Å²) in [5, 5.41) is 5.71. The molecule has 0 saturated heterocycles. The van der Waals surface area contributed by atoms with E-state index < -0.39 is 11.9 Å². The first kappa shape index (κ1) is 18.1. The number of aromatic nitrogens is 1. The van der Waals surface area contributed by atoms with Gasteiger partial charge in [0.25, 0.3) is 5.91 Å². The highest BCUT2D eigenvalue weighted by Crippen LogP contribution is 2.19. The van der Waals surface area contributed by atoms with Crippen LogP contribution in [0.1, 0.15) is 20.8 Å². The number of anilines is 3. The number of halogens is 1. The molecule has 0 aliphatic heterocycles. The Morgan fingerprint density at radius 1 is 0.963 bits per heavy atom. The van der Waals surface area contributed by atoms with Gasteiger partial charge in [0.05, 0.1) is 30.2 Å². The molecule has 0 fully saturated rings. The molecule has 6 nitrogen and oxygen atoms in total. The minimum Gasteiger partial charge on any atom is -0.465 e. The second-order valence-corrected chi connectivity index (χ2v) is 5.56. The van der Waals surface area contributed by atoms with Crippen LogP contribution in [-0.4, -0.2) is 24.0 Å². The number of rotatable bonds is 5. The van der Waals surface area contributed by atoms with Gasteiger partial charge >= 0.3 is 5.97 Å². The number of benzene rings is 2. The van der Waals surface area contributed by atoms with E-state index in [9.17, 15) is 14.0 Å². The molecule has 136 valence electrons. The summed E-state index contributed by atoms with van der Waals surface area (Å²) < 4.78 is 17.6. The summed E-state index contributed by atoms with van der Waals surface area (Å²) in [6.07, 6.45) is 1.49. The molecule has 27 heavy (non-hydrogen) atoms. The number of pyridine rings is 1. The van der Waals surface area contributed by atoms with E-state index in [2.05, 4.69) is 15.6 Å². The fraction of sp³-hybridized carbons (Fsp3) is 0.0500. The minimum atomic E-state index is -0.544. The number of hydrogen-bond donors (Lipinski definition) is 2. The van der Waals surface area contributed by atoms with Crippen LogP contribution in [0.4, 0.5) is 21.5 Å². The van der Waals surface area contributed by atoms with Crippen molar-refractivity contribution >= 4 is 28.9 Å². The zero-order chi connectivity index (χ0) is 19.2. The Hall–Kier alpha value is -3.74. The quantitative estimate of drug-likeness (QED) is 0.668. The predicted octanol–water partition coefficient (Wildman–Crippen LogP) is 4.00. The van der Waals surface area contributed by atoms with Crippen LogP contribution in [0.3, 0.4) is 0 Å². The molecule has 1 heterocycles.